The van der Waals surface area contributed by atoms with E-state index in [1.165, 1.54) is 0 Å². The Kier molecular flexibility index (Phi) is 3.69. The van der Waals surface area contributed by atoms with Crippen molar-refractivity contribution in [2.75, 3.05) is 31.7 Å². The van der Waals surface area contributed by atoms with Gasteiger partial charge in [-0.3, -0.25) is 0 Å². The molecule has 0 saturated carbocycles. The van der Waals surface area contributed by atoms with Crippen LogP contribution in [0, 0.1) is 0 Å². The molecule has 5 nitrogen and oxygen atoms in total. The van der Waals surface area contributed by atoms with Crippen molar-refractivity contribution in [3.05, 3.63) is 18.1 Å². The van der Waals surface area contributed by atoms with E-state index in [4.69, 9.17) is 4.74 Å². The normalized spacial score (nSPS) is 17.7. The Balaban J connectivity index is 2.00. The van der Waals surface area contributed by atoms with Gasteiger partial charge in [-0.2, -0.15) is 0 Å². The van der Waals surface area contributed by atoms with Crippen molar-refractivity contribution in [1.82, 2.24) is 15.0 Å². The first-order chi connectivity index (χ1) is 7.75. The molecule has 2 heterocycles. The van der Waals surface area contributed by atoms with Gasteiger partial charge >= 0.3 is 0 Å². The summed E-state index contributed by atoms with van der Waals surface area (Å²) in [6.07, 6.45) is 1.61. The maximum absolute atomic E-state index is 5.28. The first kappa shape index (κ1) is 11.3. The average molecular weight is 222 g/mol. The van der Waals surface area contributed by atoms with E-state index >= 15 is 0 Å². The quantitative estimate of drug-likeness (QED) is 0.834. The lowest BCUT2D eigenvalue weighted by Gasteiger charge is -2.27. The number of nitrogens with zero attached hydrogens (tertiary/aromatic N) is 3. The highest BCUT2D eigenvalue weighted by Crippen LogP contribution is 2.14. The Morgan fingerprint density at radius 1 is 1.31 bits per heavy atom. The Bertz CT molecular complexity index is 337. The van der Waals surface area contributed by atoms with Gasteiger partial charge in [0.25, 0.3) is 0 Å². The lowest BCUT2D eigenvalue weighted by Crippen LogP contribution is -2.40. The van der Waals surface area contributed by atoms with Crippen molar-refractivity contribution in [2.24, 2.45) is 0 Å². The van der Waals surface area contributed by atoms with Crippen molar-refractivity contribution >= 4 is 5.82 Å². The summed E-state index contributed by atoms with van der Waals surface area (Å²) >= 11 is 0. The third-order valence-electron chi connectivity index (χ3n) is 2.56. The fourth-order valence-corrected chi connectivity index (χ4v) is 1.59. The minimum absolute atomic E-state index is 0.424. The van der Waals surface area contributed by atoms with Crippen LogP contribution in [0.25, 0.3) is 0 Å². The molecule has 5 heteroatoms. The minimum atomic E-state index is 0.424. The molecule has 88 valence electrons. The number of hydrogen-bond acceptors (Lipinski definition) is 5. The second-order valence-electron chi connectivity index (χ2n) is 4.19. The number of ether oxygens (including phenoxy) is 1. The molecule has 1 saturated heterocycles. The second kappa shape index (κ2) is 5.23. The van der Waals surface area contributed by atoms with Gasteiger partial charge in [0.2, 0.25) is 0 Å². The van der Waals surface area contributed by atoms with Crippen LogP contribution in [-0.4, -0.2) is 41.3 Å². The van der Waals surface area contributed by atoms with E-state index < -0.39 is 0 Å². The first-order valence-electron chi connectivity index (χ1n) is 5.67. The molecule has 1 aromatic heterocycles. The highest BCUT2D eigenvalue weighted by atomic mass is 16.5. The van der Waals surface area contributed by atoms with E-state index in [0.29, 0.717) is 5.92 Å². The molecule has 0 atom stereocenters. The van der Waals surface area contributed by atoms with Gasteiger partial charge in [0.05, 0.1) is 13.2 Å². The molecule has 1 fully saturated rings. The molecule has 1 N–H and O–H groups in total. The molecule has 0 unspecified atom stereocenters. The molecule has 16 heavy (non-hydrogen) atoms. The second-order valence-corrected chi connectivity index (χ2v) is 4.19. The summed E-state index contributed by atoms with van der Waals surface area (Å²) < 4.78 is 5.28. The van der Waals surface area contributed by atoms with Crippen molar-refractivity contribution in [1.29, 1.82) is 0 Å². The van der Waals surface area contributed by atoms with Gasteiger partial charge in [-0.1, -0.05) is 13.8 Å². The standard InChI is InChI=1S/C11H18N4O/c1-9(2)10-7-11(13-8-12-10)14-15-3-5-16-6-4-15/h7-9H,3-6H2,1-2H3,(H,12,13,14). The number of nitrogens with one attached hydrogen (secondary N) is 1. The van der Waals surface area contributed by atoms with Gasteiger partial charge < -0.3 is 10.2 Å². The van der Waals surface area contributed by atoms with Crippen LogP contribution in [0.2, 0.25) is 0 Å². The number of rotatable bonds is 3. The van der Waals surface area contributed by atoms with Crippen LogP contribution in [0.4, 0.5) is 5.82 Å². The molecular formula is C11H18N4O. The summed E-state index contributed by atoms with van der Waals surface area (Å²) in [5.41, 5.74) is 4.34. The molecule has 1 aliphatic heterocycles. The molecular weight excluding hydrogens is 204 g/mol. The summed E-state index contributed by atoms with van der Waals surface area (Å²) in [7, 11) is 0. The van der Waals surface area contributed by atoms with Crippen LogP contribution >= 0.6 is 0 Å². The molecule has 1 aromatic rings. The van der Waals surface area contributed by atoms with Crippen LogP contribution < -0.4 is 5.43 Å². The molecule has 1 aliphatic rings. The van der Waals surface area contributed by atoms with Crippen LogP contribution in [0.1, 0.15) is 25.5 Å². The van der Waals surface area contributed by atoms with Crippen molar-refractivity contribution in [3.8, 4) is 0 Å². The van der Waals surface area contributed by atoms with E-state index in [-0.39, 0.29) is 0 Å². The SMILES string of the molecule is CC(C)c1cc(NN2CCOCC2)ncn1. The topological polar surface area (TPSA) is 50.3 Å². The zero-order valence-corrected chi connectivity index (χ0v) is 9.81. The van der Waals surface area contributed by atoms with Gasteiger partial charge in [0, 0.05) is 24.8 Å². The van der Waals surface area contributed by atoms with Crippen molar-refractivity contribution in [3.63, 3.8) is 0 Å². The Morgan fingerprint density at radius 2 is 2.06 bits per heavy atom. The van der Waals surface area contributed by atoms with Crippen molar-refractivity contribution < 1.29 is 4.74 Å². The third-order valence-corrected chi connectivity index (χ3v) is 2.56. The number of hydrogen-bond donors (Lipinski definition) is 1. The smallest absolute Gasteiger partial charge is 0.143 e. The molecule has 2 rings (SSSR count). The fraction of sp³-hybridized carbons (Fsp3) is 0.636. The maximum atomic E-state index is 5.28. The Labute approximate surface area is 95.8 Å². The largest absolute Gasteiger partial charge is 0.379 e. The van der Waals surface area contributed by atoms with E-state index in [0.717, 1.165) is 37.8 Å². The van der Waals surface area contributed by atoms with Gasteiger partial charge in [0.15, 0.2) is 0 Å². The van der Waals surface area contributed by atoms with Gasteiger partial charge in [-0.15, -0.1) is 0 Å². The number of morpholine rings is 1. The highest BCUT2D eigenvalue weighted by Gasteiger charge is 2.11. The monoisotopic (exact) mass is 222 g/mol. The van der Waals surface area contributed by atoms with E-state index in [1.807, 2.05) is 6.07 Å². The van der Waals surface area contributed by atoms with E-state index in [9.17, 15) is 0 Å². The molecule has 0 amide bonds. The Morgan fingerprint density at radius 3 is 2.75 bits per heavy atom. The van der Waals surface area contributed by atoms with Crippen LogP contribution in [-0.2, 0) is 4.74 Å². The number of aromatic nitrogens is 2. The first-order valence-corrected chi connectivity index (χ1v) is 5.67. The molecule has 0 aliphatic carbocycles. The van der Waals surface area contributed by atoms with Gasteiger partial charge in [-0.05, 0) is 5.92 Å². The third kappa shape index (κ3) is 2.90. The van der Waals surface area contributed by atoms with Crippen LogP contribution in [0.3, 0.4) is 0 Å². The van der Waals surface area contributed by atoms with Crippen LogP contribution in [0.15, 0.2) is 12.4 Å². The fourth-order valence-electron chi connectivity index (χ4n) is 1.59. The number of hydrazine groups is 1. The van der Waals surface area contributed by atoms with Crippen molar-refractivity contribution in [2.45, 2.75) is 19.8 Å². The minimum Gasteiger partial charge on any atom is -0.379 e. The zero-order valence-electron chi connectivity index (χ0n) is 9.81. The van der Waals surface area contributed by atoms with Crippen LogP contribution in [0.5, 0.6) is 0 Å². The average Bonchev–Trinajstić information content (AvgIpc) is 2.30. The van der Waals surface area contributed by atoms with E-state index in [2.05, 4.69) is 34.3 Å². The summed E-state index contributed by atoms with van der Waals surface area (Å²) in [6.45, 7) is 7.58. The molecule has 0 spiro atoms. The maximum Gasteiger partial charge on any atom is 0.143 e. The summed E-state index contributed by atoms with van der Waals surface area (Å²) in [5.74, 6) is 1.29. The van der Waals surface area contributed by atoms with Gasteiger partial charge in [0.1, 0.15) is 12.1 Å². The predicted octanol–water partition coefficient (Wildman–Crippen LogP) is 1.26. The molecule has 0 bridgehead atoms. The Hall–Kier alpha value is -1.20. The lowest BCUT2D eigenvalue weighted by atomic mass is 10.1. The number of anilines is 1. The highest BCUT2D eigenvalue weighted by molar-refractivity contribution is 5.34. The summed E-state index contributed by atoms with van der Waals surface area (Å²) in [6, 6.07) is 2.00. The predicted molar refractivity (Wildman–Crippen MR) is 62.1 cm³/mol. The molecule has 0 radical (unpaired) electrons. The van der Waals surface area contributed by atoms with E-state index in [1.54, 1.807) is 6.33 Å². The summed E-state index contributed by atoms with van der Waals surface area (Å²) in [5, 5.41) is 2.12. The van der Waals surface area contributed by atoms with Gasteiger partial charge in [-0.25, -0.2) is 15.0 Å². The zero-order chi connectivity index (χ0) is 11.4. The lowest BCUT2D eigenvalue weighted by molar-refractivity contribution is 0.0495. The summed E-state index contributed by atoms with van der Waals surface area (Å²) in [4.78, 5) is 8.45. The molecule has 0 aromatic carbocycles.